The monoisotopic (exact) mass is 431 g/mol. The number of rotatable bonds is 6. The van der Waals surface area contributed by atoms with Gasteiger partial charge < -0.3 is 4.57 Å². The minimum absolute atomic E-state index is 0.103. The zero-order valence-corrected chi connectivity index (χ0v) is 18.1. The van der Waals surface area contributed by atoms with Crippen LogP contribution in [0.5, 0.6) is 0 Å². The number of aromatic nitrogens is 1. The molecule has 1 aliphatic rings. The van der Waals surface area contributed by atoms with E-state index in [2.05, 4.69) is 15.7 Å². The Morgan fingerprint density at radius 3 is 2.52 bits per heavy atom. The predicted molar refractivity (Wildman–Crippen MR) is 117 cm³/mol. The zero-order valence-electron chi connectivity index (χ0n) is 16.4. The topological polar surface area (TPSA) is 71.4 Å². The van der Waals surface area contributed by atoms with Crippen LogP contribution in [0.1, 0.15) is 30.4 Å². The molecular formula is C21H25N3O3S2. The van der Waals surface area contributed by atoms with Crippen molar-refractivity contribution in [1.29, 1.82) is 0 Å². The van der Waals surface area contributed by atoms with Crippen LogP contribution in [0.25, 0.3) is 10.2 Å². The van der Waals surface area contributed by atoms with Gasteiger partial charge in [-0.25, -0.2) is 13.1 Å². The van der Waals surface area contributed by atoms with Crippen molar-refractivity contribution in [1.82, 2.24) is 14.2 Å². The lowest BCUT2D eigenvalue weighted by molar-refractivity contribution is 0.220. The van der Waals surface area contributed by atoms with E-state index in [9.17, 15) is 13.2 Å². The second-order valence-electron chi connectivity index (χ2n) is 7.49. The van der Waals surface area contributed by atoms with E-state index in [0.29, 0.717) is 4.70 Å². The van der Waals surface area contributed by atoms with Crippen LogP contribution < -0.4 is 9.60 Å². The Hall–Kier alpha value is -2.00. The van der Waals surface area contributed by atoms with Gasteiger partial charge >= 0.3 is 4.87 Å². The first-order valence-corrected chi connectivity index (χ1v) is 12.1. The number of hydrogen-bond acceptors (Lipinski definition) is 5. The van der Waals surface area contributed by atoms with E-state index < -0.39 is 10.0 Å². The first kappa shape index (κ1) is 20.3. The molecule has 1 saturated heterocycles. The molecule has 0 bridgehead atoms. The molecule has 1 N–H and O–H groups in total. The molecule has 29 heavy (non-hydrogen) atoms. The number of fused-ring (bicyclic) bond motifs is 1. The summed E-state index contributed by atoms with van der Waals surface area (Å²) >= 11 is 1.06. The standard InChI is InChI=1S/C21H25N3O3S2/c1-23-19-10-9-18(13-20(19)28-21(23)25)29(26,27)22-14-16-7-3-4-8-17(16)15-24-11-5-2-6-12-24/h3-4,7-10,13,22H,2,5-6,11-12,14-15H2,1H3. The van der Waals surface area contributed by atoms with Gasteiger partial charge in [-0.1, -0.05) is 42.0 Å². The van der Waals surface area contributed by atoms with Gasteiger partial charge in [-0.15, -0.1) is 0 Å². The van der Waals surface area contributed by atoms with Gasteiger partial charge in [0.1, 0.15) is 0 Å². The van der Waals surface area contributed by atoms with E-state index in [0.717, 1.165) is 47.6 Å². The molecule has 3 aromatic rings. The SMILES string of the molecule is Cn1c(=O)sc2cc(S(=O)(=O)NCc3ccccc3CN3CCCCC3)ccc21. The van der Waals surface area contributed by atoms with Gasteiger partial charge in [0.25, 0.3) is 0 Å². The van der Waals surface area contributed by atoms with Gasteiger partial charge in [0.2, 0.25) is 10.0 Å². The Balaban J connectivity index is 1.51. The molecule has 8 heteroatoms. The molecule has 0 aliphatic carbocycles. The lowest BCUT2D eigenvalue weighted by atomic mass is 10.1. The van der Waals surface area contributed by atoms with Crippen molar-refractivity contribution in [3.05, 3.63) is 63.3 Å². The highest BCUT2D eigenvalue weighted by Gasteiger charge is 2.18. The highest BCUT2D eigenvalue weighted by molar-refractivity contribution is 7.89. The van der Waals surface area contributed by atoms with E-state index >= 15 is 0 Å². The van der Waals surface area contributed by atoms with Crippen molar-refractivity contribution in [2.24, 2.45) is 7.05 Å². The molecular weight excluding hydrogens is 406 g/mol. The normalized spacial score (nSPS) is 15.8. The number of nitrogens with one attached hydrogen (secondary N) is 1. The summed E-state index contributed by atoms with van der Waals surface area (Å²) in [6, 6.07) is 12.8. The first-order valence-electron chi connectivity index (χ1n) is 9.82. The Labute approximate surface area is 174 Å². The second kappa shape index (κ2) is 8.39. The summed E-state index contributed by atoms with van der Waals surface area (Å²) in [7, 11) is -1.98. The molecule has 1 fully saturated rings. The number of likely N-dealkylation sites (tertiary alicyclic amines) is 1. The van der Waals surface area contributed by atoms with E-state index in [1.807, 2.05) is 18.2 Å². The number of hydrogen-bond donors (Lipinski definition) is 1. The number of sulfonamides is 1. The van der Waals surface area contributed by atoms with Gasteiger partial charge in [-0.05, 0) is 55.3 Å². The van der Waals surface area contributed by atoms with Gasteiger partial charge in [-0.2, -0.15) is 0 Å². The summed E-state index contributed by atoms with van der Waals surface area (Å²) in [6.45, 7) is 3.29. The minimum Gasteiger partial charge on any atom is -0.302 e. The smallest absolute Gasteiger partial charge is 0.302 e. The van der Waals surface area contributed by atoms with Crippen molar-refractivity contribution in [2.75, 3.05) is 13.1 Å². The number of aryl methyl sites for hydroxylation is 1. The fourth-order valence-corrected chi connectivity index (χ4v) is 5.81. The minimum atomic E-state index is -3.67. The molecule has 1 aromatic heterocycles. The molecule has 2 aromatic carbocycles. The Morgan fingerprint density at radius 1 is 1.03 bits per heavy atom. The van der Waals surface area contributed by atoms with Crippen LogP contribution in [-0.2, 0) is 30.2 Å². The van der Waals surface area contributed by atoms with Gasteiger partial charge in [0.15, 0.2) is 0 Å². The third kappa shape index (κ3) is 4.45. The third-order valence-corrected chi connectivity index (χ3v) is 7.88. The van der Waals surface area contributed by atoms with Gasteiger partial charge in [-0.3, -0.25) is 9.69 Å². The number of benzene rings is 2. The molecule has 0 unspecified atom stereocenters. The lowest BCUT2D eigenvalue weighted by Gasteiger charge is -2.27. The van der Waals surface area contributed by atoms with Crippen LogP contribution in [0, 0.1) is 0 Å². The summed E-state index contributed by atoms with van der Waals surface area (Å²) < 4.78 is 30.6. The molecule has 2 heterocycles. The van der Waals surface area contributed by atoms with Crippen LogP contribution in [-0.4, -0.2) is 31.0 Å². The predicted octanol–water partition coefficient (Wildman–Crippen LogP) is 3.06. The second-order valence-corrected chi connectivity index (χ2v) is 10.2. The maximum atomic E-state index is 12.8. The molecule has 0 amide bonds. The largest absolute Gasteiger partial charge is 0.307 e. The van der Waals surface area contributed by atoms with E-state index in [-0.39, 0.29) is 16.3 Å². The van der Waals surface area contributed by atoms with Crippen molar-refractivity contribution in [3.63, 3.8) is 0 Å². The number of thiazole rings is 1. The molecule has 4 rings (SSSR count). The average molecular weight is 432 g/mol. The van der Waals surface area contributed by atoms with Crippen molar-refractivity contribution in [3.8, 4) is 0 Å². The molecule has 6 nitrogen and oxygen atoms in total. The van der Waals surface area contributed by atoms with Crippen LogP contribution >= 0.6 is 11.3 Å². The molecule has 0 radical (unpaired) electrons. The summed E-state index contributed by atoms with van der Waals surface area (Å²) in [6.07, 6.45) is 3.74. The van der Waals surface area contributed by atoms with E-state index in [1.54, 1.807) is 25.2 Å². The summed E-state index contributed by atoms with van der Waals surface area (Å²) in [4.78, 5) is 14.3. The first-order chi connectivity index (χ1) is 13.9. The maximum absolute atomic E-state index is 12.8. The molecule has 0 atom stereocenters. The van der Waals surface area contributed by atoms with E-state index in [4.69, 9.17) is 0 Å². The van der Waals surface area contributed by atoms with Crippen LogP contribution in [0.3, 0.4) is 0 Å². The highest BCUT2D eigenvalue weighted by Crippen LogP contribution is 2.22. The highest BCUT2D eigenvalue weighted by atomic mass is 32.2. The molecule has 154 valence electrons. The molecule has 0 saturated carbocycles. The van der Waals surface area contributed by atoms with Crippen molar-refractivity contribution < 1.29 is 8.42 Å². The summed E-state index contributed by atoms with van der Waals surface area (Å²) in [5.41, 5.74) is 2.90. The lowest BCUT2D eigenvalue weighted by Crippen LogP contribution is -2.30. The van der Waals surface area contributed by atoms with Crippen LogP contribution in [0.15, 0.2) is 52.2 Å². The molecule has 1 aliphatic heterocycles. The third-order valence-electron chi connectivity index (χ3n) is 5.49. The van der Waals surface area contributed by atoms with E-state index in [1.165, 1.54) is 23.8 Å². The van der Waals surface area contributed by atoms with Gasteiger partial charge in [0.05, 0.1) is 15.1 Å². The number of piperidine rings is 1. The fraction of sp³-hybridized carbons (Fsp3) is 0.381. The maximum Gasteiger partial charge on any atom is 0.307 e. The quantitative estimate of drug-likeness (QED) is 0.651. The number of nitrogens with zero attached hydrogens (tertiary/aromatic N) is 2. The summed E-state index contributed by atoms with van der Waals surface area (Å²) in [5.74, 6) is 0. The Kier molecular flexibility index (Phi) is 5.87. The molecule has 0 spiro atoms. The van der Waals surface area contributed by atoms with Crippen molar-refractivity contribution in [2.45, 2.75) is 37.2 Å². The van der Waals surface area contributed by atoms with Crippen LogP contribution in [0.4, 0.5) is 0 Å². The van der Waals surface area contributed by atoms with Crippen molar-refractivity contribution >= 4 is 31.6 Å². The fourth-order valence-electron chi connectivity index (χ4n) is 3.78. The Morgan fingerprint density at radius 2 is 1.76 bits per heavy atom. The van der Waals surface area contributed by atoms with Crippen LogP contribution in [0.2, 0.25) is 0 Å². The zero-order chi connectivity index (χ0) is 20.4. The van der Waals surface area contributed by atoms with Gasteiger partial charge in [0, 0.05) is 20.1 Å². The Bertz CT molecular complexity index is 1180. The summed E-state index contributed by atoms with van der Waals surface area (Å²) in [5, 5.41) is 0. The average Bonchev–Trinajstić information content (AvgIpc) is 3.01.